The number of azo groups is 1. The molecule has 0 aromatic heterocycles. The number of unbranched alkanes of at least 4 members (excludes halogenated alkanes) is 1. The first-order valence-corrected chi connectivity index (χ1v) is 19.8. The second-order valence-electron chi connectivity index (χ2n) is 11.1. The van der Waals surface area contributed by atoms with E-state index in [4.69, 9.17) is 0 Å². The van der Waals surface area contributed by atoms with Crippen LogP contribution in [0.15, 0.2) is 62.5 Å². The lowest BCUT2D eigenvalue weighted by molar-refractivity contribution is -0.116. The van der Waals surface area contributed by atoms with Crippen LogP contribution >= 0.6 is 21.6 Å². The number of phenolic OH excluding ortho intramolecular Hbond substituents is 1. The Balaban J connectivity index is 1.49. The maximum absolute atomic E-state index is 13.0. The van der Waals surface area contributed by atoms with Crippen molar-refractivity contribution in [2.45, 2.75) is 59.4 Å². The van der Waals surface area contributed by atoms with Crippen LogP contribution in [0.1, 0.15) is 32.1 Å². The number of nitrogens with one attached hydrogen (secondary N) is 1. The Bertz CT molecular complexity index is 1870. The molecule has 3 unspecified atom stereocenters. The van der Waals surface area contributed by atoms with Crippen LogP contribution in [0.3, 0.4) is 0 Å². The van der Waals surface area contributed by atoms with E-state index >= 15 is 0 Å². The van der Waals surface area contributed by atoms with E-state index in [1.165, 1.54) is 0 Å². The monoisotopic (exact) mass is 726 g/mol. The maximum atomic E-state index is 13.0. The molecular weight excluding hydrogens is 693 g/mol. The van der Waals surface area contributed by atoms with Gasteiger partial charge in [-0.15, -0.1) is 5.11 Å². The van der Waals surface area contributed by atoms with Gasteiger partial charge in [0.2, 0.25) is 5.91 Å². The summed E-state index contributed by atoms with van der Waals surface area (Å²) in [5.41, 5.74) is 0.144. The summed E-state index contributed by atoms with van der Waals surface area (Å²) in [5.74, 6) is -0.120. The molecule has 2 heterocycles. The van der Waals surface area contributed by atoms with Crippen molar-refractivity contribution in [2.24, 2.45) is 10.2 Å². The van der Waals surface area contributed by atoms with Crippen molar-refractivity contribution in [3.8, 4) is 5.75 Å². The molecule has 0 spiro atoms. The molecule has 14 nitrogen and oxygen atoms in total. The minimum Gasteiger partial charge on any atom is -0.505 e. The average Bonchev–Trinajstić information content (AvgIpc) is 3.67. The summed E-state index contributed by atoms with van der Waals surface area (Å²) in [7, 11) is -4.74. The number of nitrogens with zero attached hydrogens (tertiary/aromatic N) is 3. The van der Waals surface area contributed by atoms with Crippen LogP contribution in [-0.4, -0.2) is 86.0 Å². The number of rotatable bonds is 12. The molecule has 0 bridgehead atoms. The summed E-state index contributed by atoms with van der Waals surface area (Å²) < 4.78 is 64.8. The number of phenols is 1. The van der Waals surface area contributed by atoms with Crippen LogP contribution in [0, 0.1) is 0 Å². The highest BCUT2D eigenvalue weighted by molar-refractivity contribution is 8.77. The van der Waals surface area contributed by atoms with Gasteiger partial charge in [0.1, 0.15) is 10.6 Å². The molecule has 2 fully saturated rings. The number of benzene rings is 3. The molecule has 254 valence electrons. The summed E-state index contributed by atoms with van der Waals surface area (Å²) in [5, 5.41) is 41.9. The Kier molecular flexibility index (Phi) is 11.0. The highest BCUT2D eigenvalue weighted by Crippen LogP contribution is 2.45. The number of aliphatic hydroxyl groups is 2. The highest BCUT2D eigenvalue weighted by atomic mass is 33.1. The Labute approximate surface area is 279 Å². The summed E-state index contributed by atoms with van der Waals surface area (Å²) in [4.78, 5) is 13.5. The van der Waals surface area contributed by atoms with Gasteiger partial charge in [-0.3, -0.25) is 13.5 Å². The zero-order valence-corrected chi connectivity index (χ0v) is 28.4. The molecule has 3 aromatic carbocycles. The van der Waals surface area contributed by atoms with Gasteiger partial charge in [0.15, 0.2) is 5.75 Å². The topological polar surface area (TPSA) is 215 Å². The van der Waals surface area contributed by atoms with E-state index in [1.54, 1.807) is 29.2 Å². The molecule has 1 amide bonds. The minimum absolute atomic E-state index is 0.120. The minimum atomic E-state index is -5.03. The first kappa shape index (κ1) is 35.3. The number of aromatic hydroxyl groups is 1. The van der Waals surface area contributed by atoms with Gasteiger partial charge in [0.25, 0.3) is 20.2 Å². The van der Waals surface area contributed by atoms with Crippen LogP contribution in [0.2, 0.25) is 0 Å². The Morgan fingerprint density at radius 3 is 2.36 bits per heavy atom. The van der Waals surface area contributed by atoms with Crippen molar-refractivity contribution in [3.05, 3.63) is 42.5 Å². The lowest BCUT2D eigenvalue weighted by atomic mass is 10.1. The molecule has 3 atom stereocenters. The molecule has 2 saturated heterocycles. The number of anilines is 2. The zero-order valence-electron chi connectivity index (χ0n) is 25.1. The molecule has 2 aliphatic heterocycles. The lowest BCUT2D eigenvalue weighted by Crippen LogP contribution is -2.22. The first-order valence-electron chi connectivity index (χ1n) is 14.6. The molecule has 18 heteroatoms. The standard InChI is InChI=1S/C29H34N4O10S4/c1-43-47(41,42)21-12-17-13-25(46(38,39)40)28(32-31-18-6-8-19(9-7-18)33-15-23(34)24(35)16-33)29(37)27(17)22(14-21)30-26(36)5-3-2-4-20-10-11-44-45-20/h6-9,12-14,20,23-24,34-35,37H,2-5,10-11,15-16H2,1H3,(H,30,36)(H,38,39,40). The molecule has 0 radical (unpaired) electrons. The van der Waals surface area contributed by atoms with Gasteiger partial charge in [0.05, 0.1) is 35.6 Å². The van der Waals surface area contributed by atoms with Crippen LogP contribution in [-0.2, 0) is 29.2 Å². The molecule has 5 N–H and O–H groups in total. The normalized spacial score (nSPS) is 20.4. The average molecular weight is 727 g/mol. The van der Waals surface area contributed by atoms with Crippen molar-refractivity contribution in [3.63, 3.8) is 0 Å². The molecule has 0 aliphatic carbocycles. The zero-order chi connectivity index (χ0) is 33.9. The molecule has 3 aromatic rings. The number of carbonyl (C=O) groups is 1. The fraction of sp³-hybridized carbons (Fsp3) is 0.414. The fourth-order valence-electron chi connectivity index (χ4n) is 5.35. The summed E-state index contributed by atoms with van der Waals surface area (Å²) >= 11 is 0. The number of amides is 1. The van der Waals surface area contributed by atoms with Crippen molar-refractivity contribution in [2.75, 3.05) is 36.2 Å². The van der Waals surface area contributed by atoms with Crippen LogP contribution in [0.5, 0.6) is 5.75 Å². The van der Waals surface area contributed by atoms with Gasteiger partial charge in [0, 0.05) is 41.6 Å². The van der Waals surface area contributed by atoms with E-state index in [0.717, 1.165) is 50.3 Å². The van der Waals surface area contributed by atoms with Crippen molar-refractivity contribution < 1.29 is 45.7 Å². The van der Waals surface area contributed by atoms with Gasteiger partial charge < -0.3 is 25.5 Å². The van der Waals surface area contributed by atoms with Crippen molar-refractivity contribution in [1.82, 2.24) is 0 Å². The van der Waals surface area contributed by atoms with E-state index in [1.807, 2.05) is 21.6 Å². The largest absolute Gasteiger partial charge is 0.505 e. The van der Waals surface area contributed by atoms with Crippen LogP contribution < -0.4 is 10.2 Å². The van der Waals surface area contributed by atoms with Crippen LogP contribution in [0.4, 0.5) is 22.7 Å². The van der Waals surface area contributed by atoms with Gasteiger partial charge >= 0.3 is 0 Å². The Hall–Kier alpha value is -2.97. The number of carbonyl (C=O) groups excluding carboxylic acids is 1. The number of β-amino-alcohol motifs (C(OH)–C–C–N with tert-alkyl or cyclic N) is 2. The summed E-state index contributed by atoms with van der Waals surface area (Å²) in [6.07, 6.45) is 1.84. The van der Waals surface area contributed by atoms with E-state index < -0.39 is 59.6 Å². The van der Waals surface area contributed by atoms with Gasteiger partial charge in [-0.05, 0) is 67.1 Å². The number of fused-ring (bicyclic) bond motifs is 1. The van der Waals surface area contributed by atoms with E-state index in [0.29, 0.717) is 17.4 Å². The molecule has 2 aliphatic rings. The number of aliphatic hydroxyl groups excluding tert-OH is 2. The third-order valence-corrected chi connectivity index (χ3v) is 13.0. The molecule has 0 saturated carbocycles. The predicted molar refractivity (Wildman–Crippen MR) is 180 cm³/mol. The van der Waals surface area contributed by atoms with Crippen LogP contribution in [0.25, 0.3) is 10.8 Å². The Morgan fingerprint density at radius 2 is 1.74 bits per heavy atom. The smallest absolute Gasteiger partial charge is 0.296 e. The third-order valence-electron chi connectivity index (χ3n) is 7.83. The SMILES string of the molecule is COS(=O)(=O)c1cc(NC(=O)CCCCC2CCSS2)c2c(O)c(N=Nc3ccc(N4CC(O)C(O)C4)cc3)c(S(=O)(=O)O)cc2c1. The van der Waals surface area contributed by atoms with Gasteiger partial charge in [-0.1, -0.05) is 28.0 Å². The molecular formula is C29H34N4O10S4. The van der Waals surface area contributed by atoms with Gasteiger partial charge in [-0.25, -0.2) is 0 Å². The van der Waals surface area contributed by atoms with E-state index in [9.17, 15) is 41.5 Å². The van der Waals surface area contributed by atoms with E-state index in [-0.39, 0.29) is 41.7 Å². The van der Waals surface area contributed by atoms with Gasteiger partial charge in [-0.2, -0.15) is 21.9 Å². The summed E-state index contributed by atoms with van der Waals surface area (Å²) in [6.45, 7) is 0.464. The third kappa shape index (κ3) is 8.37. The molecule has 5 rings (SSSR count). The quantitative estimate of drug-likeness (QED) is 0.0561. The van der Waals surface area contributed by atoms with Crippen molar-refractivity contribution in [1.29, 1.82) is 0 Å². The van der Waals surface area contributed by atoms with E-state index in [2.05, 4.69) is 19.7 Å². The molecule has 47 heavy (non-hydrogen) atoms. The Morgan fingerprint density at radius 1 is 1.04 bits per heavy atom. The lowest BCUT2D eigenvalue weighted by Gasteiger charge is -2.17. The highest BCUT2D eigenvalue weighted by Gasteiger charge is 2.30. The maximum Gasteiger partial charge on any atom is 0.296 e. The first-order chi connectivity index (χ1) is 22.3. The summed E-state index contributed by atoms with van der Waals surface area (Å²) in [6, 6.07) is 9.44. The number of hydrogen-bond acceptors (Lipinski definition) is 14. The number of hydrogen-bond donors (Lipinski definition) is 5. The predicted octanol–water partition coefficient (Wildman–Crippen LogP) is 4.74. The van der Waals surface area contributed by atoms with Crippen molar-refractivity contribution >= 4 is 81.3 Å². The second kappa shape index (κ2) is 14.7. The second-order valence-corrected chi connectivity index (χ2v) is 17.0. The fourth-order valence-corrected chi connectivity index (χ4v) is 9.76.